The average Bonchev–Trinajstić information content (AvgIpc) is 2.25. The van der Waals surface area contributed by atoms with Crippen LogP contribution in [0.5, 0.6) is 0 Å². The van der Waals surface area contributed by atoms with Crippen LogP contribution in [0.3, 0.4) is 0 Å². The maximum absolute atomic E-state index is 11.0. The molecule has 0 bridgehead atoms. The van der Waals surface area contributed by atoms with E-state index in [9.17, 15) is 8.42 Å². The monoisotopic (exact) mass is 263 g/mol. The molecule has 0 amide bonds. The lowest BCUT2D eigenvalue weighted by Gasteiger charge is -2.16. The molecule has 1 heterocycles. The quantitative estimate of drug-likeness (QED) is 0.732. The summed E-state index contributed by atoms with van der Waals surface area (Å²) in [5.41, 5.74) is 0.696. The molecule has 0 aliphatic heterocycles. The van der Waals surface area contributed by atoms with Crippen molar-refractivity contribution < 1.29 is 8.42 Å². The van der Waals surface area contributed by atoms with E-state index in [0.29, 0.717) is 23.9 Å². The van der Waals surface area contributed by atoms with E-state index in [-0.39, 0.29) is 5.75 Å². The number of alkyl halides is 1. The number of halogens is 1. The van der Waals surface area contributed by atoms with E-state index in [4.69, 9.17) is 11.6 Å². The predicted octanol–water partition coefficient (Wildman–Crippen LogP) is 0.696. The van der Waals surface area contributed by atoms with Crippen molar-refractivity contribution >= 4 is 27.3 Å². The molecule has 0 aliphatic carbocycles. The van der Waals surface area contributed by atoms with Crippen molar-refractivity contribution in [2.45, 2.75) is 5.88 Å². The van der Waals surface area contributed by atoms with Crippen LogP contribution >= 0.6 is 11.6 Å². The molecule has 0 unspecified atom stereocenters. The number of sulfone groups is 1. The molecule has 0 fully saturated rings. The highest BCUT2D eigenvalue weighted by molar-refractivity contribution is 7.90. The Morgan fingerprint density at radius 3 is 2.50 bits per heavy atom. The first kappa shape index (κ1) is 13.2. The normalized spacial score (nSPS) is 11.4. The van der Waals surface area contributed by atoms with Crippen LogP contribution < -0.4 is 4.90 Å². The Kier molecular flexibility index (Phi) is 4.49. The number of aromatic nitrogens is 2. The molecular formula is C9H14ClN3O2S. The number of rotatable bonds is 5. The Balaban J connectivity index is 2.62. The highest BCUT2D eigenvalue weighted by Gasteiger charge is 2.07. The molecule has 0 atom stereocenters. The first-order valence-electron chi connectivity index (χ1n) is 4.68. The highest BCUT2D eigenvalue weighted by Crippen LogP contribution is 2.07. The minimum Gasteiger partial charge on any atom is -0.357 e. The smallest absolute Gasteiger partial charge is 0.149 e. The van der Waals surface area contributed by atoms with Gasteiger partial charge in [-0.3, -0.25) is 4.98 Å². The van der Waals surface area contributed by atoms with E-state index in [1.165, 1.54) is 6.26 Å². The average molecular weight is 264 g/mol. The number of hydrogen-bond acceptors (Lipinski definition) is 5. The van der Waals surface area contributed by atoms with Gasteiger partial charge in [0.05, 0.1) is 29.7 Å². The van der Waals surface area contributed by atoms with Crippen LogP contribution in [0, 0.1) is 0 Å². The van der Waals surface area contributed by atoms with Crippen LogP contribution in [0.2, 0.25) is 0 Å². The van der Waals surface area contributed by atoms with Gasteiger partial charge in [0.1, 0.15) is 15.7 Å². The molecule has 90 valence electrons. The lowest BCUT2D eigenvalue weighted by molar-refractivity contribution is 0.601. The fourth-order valence-corrected chi connectivity index (χ4v) is 1.77. The third-order valence-electron chi connectivity index (χ3n) is 2.02. The second kappa shape index (κ2) is 5.45. The summed E-state index contributed by atoms with van der Waals surface area (Å²) >= 11 is 5.58. The van der Waals surface area contributed by atoms with E-state index in [1.54, 1.807) is 24.3 Å². The predicted molar refractivity (Wildman–Crippen MR) is 64.6 cm³/mol. The van der Waals surface area contributed by atoms with Crippen LogP contribution in [-0.4, -0.2) is 44.0 Å². The van der Waals surface area contributed by atoms with Crippen molar-refractivity contribution in [3.05, 3.63) is 18.1 Å². The van der Waals surface area contributed by atoms with Gasteiger partial charge in [0, 0.05) is 19.8 Å². The molecule has 0 saturated carbocycles. The van der Waals surface area contributed by atoms with Gasteiger partial charge in [-0.2, -0.15) is 0 Å². The SMILES string of the molecule is CN(CCS(C)(=O)=O)c1cnc(CCl)cn1. The van der Waals surface area contributed by atoms with Gasteiger partial charge in [-0.1, -0.05) is 0 Å². The van der Waals surface area contributed by atoms with Gasteiger partial charge < -0.3 is 4.90 Å². The summed E-state index contributed by atoms with van der Waals surface area (Å²) in [4.78, 5) is 9.95. The number of nitrogens with zero attached hydrogens (tertiary/aromatic N) is 3. The first-order valence-corrected chi connectivity index (χ1v) is 7.27. The van der Waals surface area contributed by atoms with E-state index in [0.717, 1.165) is 0 Å². The molecule has 0 spiro atoms. The van der Waals surface area contributed by atoms with Crippen molar-refractivity contribution in [2.24, 2.45) is 0 Å². The van der Waals surface area contributed by atoms with Crippen molar-refractivity contribution in [1.82, 2.24) is 9.97 Å². The molecule has 0 aliphatic rings. The number of anilines is 1. The fraction of sp³-hybridized carbons (Fsp3) is 0.556. The second-order valence-electron chi connectivity index (χ2n) is 3.55. The first-order chi connectivity index (χ1) is 7.42. The molecule has 0 aromatic carbocycles. The zero-order chi connectivity index (χ0) is 12.2. The van der Waals surface area contributed by atoms with E-state index in [2.05, 4.69) is 9.97 Å². The molecule has 1 aromatic heterocycles. The summed E-state index contributed by atoms with van der Waals surface area (Å²) in [5.74, 6) is 1.06. The van der Waals surface area contributed by atoms with E-state index >= 15 is 0 Å². The molecule has 1 rings (SSSR count). The largest absolute Gasteiger partial charge is 0.357 e. The molecule has 16 heavy (non-hydrogen) atoms. The van der Waals surface area contributed by atoms with Gasteiger partial charge in [0.15, 0.2) is 0 Å². The Labute approximate surface area is 100 Å². The summed E-state index contributed by atoms with van der Waals surface area (Å²) < 4.78 is 22.0. The van der Waals surface area contributed by atoms with Gasteiger partial charge in [-0.15, -0.1) is 11.6 Å². The van der Waals surface area contributed by atoms with Gasteiger partial charge in [-0.25, -0.2) is 13.4 Å². The van der Waals surface area contributed by atoms with Crippen LogP contribution in [0.4, 0.5) is 5.82 Å². The maximum atomic E-state index is 11.0. The van der Waals surface area contributed by atoms with Crippen molar-refractivity contribution in [1.29, 1.82) is 0 Å². The molecule has 0 radical (unpaired) electrons. The molecule has 1 aromatic rings. The third-order valence-corrected chi connectivity index (χ3v) is 3.22. The highest BCUT2D eigenvalue weighted by atomic mass is 35.5. The molecule has 5 nitrogen and oxygen atoms in total. The molecule has 7 heteroatoms. The van der Waals surface area contributed by atoms with Crippen LogP contribution in [0.25, 0.3) is 0 Å². The Hall–Kier alpha value is -0.880. The second-order valence-corrected chi connectivity index (χ2v) is 6.08. The minimum absolute atomic E-state index is 0.0996. The summed E-state index contributed by atoms with van der Waals surface area (Å²) in [6.07, 6.45) is 4.38. The zero-order valence-corrected chi connectivity index (χ0v) is 10.8. The van der Waals surface area contributed by atoms with E-state index in [1.807, 2.05) is 0 Å². The third kappa shape index (κ3) is 4.32. The molecule has 0 N–H and O–H groups in total. The summed E-state index contributed by atoms with van der Waals surface area (Å²) in [5, 5.41) is 0. The van der Waals surface area contributed by atoms with Crippen LogP contribution in [-0.2, 0) is 15.7 Å². The van der Waals surface area contributed by atoms with E-state index < -0.39 is 9.84 Å². The lowest BCUT2D eigenvalue weighted by Crippen LogP contribution is -2.25. The van der Waals surface area contributed by atoms with Gasteiger partial charge in [-0.05, 0) is 0 Å². The molecular weight excluding hydrogens is 250 g/mol. The Morgan fingerprint density at radius 1 is 1.38 bits per heavy atom. The Morgan fingerprint density at radius 2 is 2.06 bits per heavy atom. The van der Waals surface area contributed by atoms with Crippen molar-refractivity contribution in [3.63, 3.8) is 0 Å². The van der Waals surface area contributed by atoms with Crippen molar-refractivity contribution in [3.8, 4) is 0 Å². The number of hydrogen-bond donors (Lipinski definition) is 0. The Bertz CT molecular complexity index is 433. The van der Waals surface area contributed by atoms with Crippen molar-refractivity contribution in [2.75, 3.05) is 30.5 Å². The standard InChI is InChI=1S/C9H14ClN3O2S/c1-13(3-4-16(2,14)15)9-7-11-8(5-10)6-12-9/h6-7H,3-5H2,1-2H3. The topological polar surface area (TPSA) is 63.2 Å². The lowest BCUT2D eigenvalue weighted by atomic mass is 10.5. The zero-order valence-electron chi connectivity index (χ0n) is 9.22. The summed E-state index contributed by atoms with van der Waals surface area (Å²) in [6.45, 7) is 0.397. The van der Waals surface area contributed by atoms with Crippen LogP contribution in [0.1, 0.15) is 5.69 Å². The van der Waals surface area contributed by atoms with Gasteiger partial charge in [0.2, 0.25) is 0 Å². The van der Waals surface area contributed by atoms with Gasteiger partial charge in [0.25, 0.3) is 0 Å². The summed E-state index contributed by atoms with van der Waals surface area (Å²) in [6, 6.07) is 0. The minimum atomic E-state index is -2.95. The fourth-order valence-electron chi connectivity index (χ4n) is 1.03. The van der Waals surface area contributed by atoms with Gasteiger partial charge >= 0.3 is 0 Å². The maximum Gasteiger partial charge on any atom is 0.149 e. The van der Waals surface area contributed by atoms with Crippen LogP contribution in [0.15, 0.2) is 12.4 Å². The summed E-state index contributed by atoms with van der Waals surface area (Å²) in [7, 11) is -1.18. The molecule has 0 saturated heterocycles.